The summed E-state index contributed by atoms with van der Waals surface area (Å²) >= 11 is 0. The van der Waals surface area contributed by atoms with Gasteiger partial charge in [-0.1, -0.05) is 141 Å². The maximum atomic E-state index is 13.1. The molecule has 2 aromatic carbocycles. The van der Waals surface area contributed by atoms with E-state index in [2.05, 4.69) is 24.5 Å². The molecule has 0 aromatic heterocycles. The Morgan fingerprint density at radius 1 is 0.548 bits per heavy atom. The van der Waals surface area contributed by atoms with E-state index in [1.165, 1.54) is 116 Å². The van der Waals surface area contributed by atoms with Gasteiger partial charge in [0.15, 0.2) is 0 Å². The zero-order valence-electron chi connectivity index (χ0n) is 26.7. The van der Waals surface area contributed by atoms with Crippen molar-refractivity contribution in [3.63, 3.8) is 0 Å². The Kier molecular flexibility index (Phi) is 13.7. The highest BCUT2D eigenvalue weighted by molar-refractivity contribution is 6.10. The summed E-state index contributed by atoms with van der Waals surface area (Å²) in [4.78, 5) is 26.1. The van der Waals surface area contributed by atoms with Crippen LogP contribution in [0, 0.1) is 23.7 Å². The summed E-state index contributed by atoms with van der Waals surface area (Å²) in [7, 11) is 0. The maximum absolute atomic E-state index is 13.1. The van der Waals surface area contributed by atoms with Gasteiger partial charge in [0, 0.05) is 34.0 Å². The number of rotatable bonds is 22. The molecule has 0 aliphatic heterocycles. The normalized spacial score (nSPS) is 20.9. The Morgan fingerprint density at radius 3 is 1.29 bits per heavy atom. The van der Waals surface area contributed by atoms with E-state index < -0.39 is 0 Å². The fourth-order valence-corrected chi connectivity index (χ4v) is 6.84. The first-order valence-electron chi connectivity index (χ1n) is 17.8. The van der Waals surface area contributed by atoms with Crippen molar-refractivity contribution in [3.8, 4) is 0 Å². The van der Waals surface area contributed by atoms with Crippen LogP contribution >= 0.6 is 0 Å². The van der Waals surface area contributed by atoms with Crippen LogP contribution in [0.1, 0.15) is 142 Å². The number of hydrogen-bond acceptors (Lipinski definition) is 2. The Labute approximate surface area is 256 Å². The molecule has 2 aliphatic rings. The second-order valence-electron chi connectivity index (χ2n) is 13.4. The van der Waals surface area contributed by atoms with E-state index in [0.717, 1.165) is 35.0 Å². The largest absolute Gasteiger partial charge is 0.325 e. The smallest absolute Gasteiger partial charge is 0.227 e. The van der Waals surface area contributed by atoms with Crippen LogP contribution < -0.4 is 10.6 Å². The predicted octanol–water partition coefficient (Wildman–Crippen LogP) is 11.1. The summed E-state index contributed by atoms with van der Waals surface area (Å²) in [5.74, 6) is 1.71. The molecule has 4 nitrogen and oxygen atoms in total. The van der Waals surface area contributed by atoms with Crippen molar-refractivity contribution in [2.24, 2.45) is 23.7 Å². The number of amides is 2. The van der Waals surface area contributed by atoms with Gasteiger partial charge in [-0.3, -0.25) is 9.59 Å². The molecule has 2 amide bonds. The molecule has 42 heavy (non-hydrogen) atoms. The molecule has 2 aromatic rings. The number of benzene rings is 2. The van der Waals surface area contributed by atoms with Gasteiger partial charge in [-0.25, -0.2) is 0 Å². The van der Waals surface area contributed by atoms with E-state index in [-0.39, 0.29) is 23.7 Å². The second kappa shape index (κ2) is 17.7. The first-order valence-corrected chi connectivity index (χ1v) is 17.8. The van der Waals surface area contributed by atoms with Crippen LogP contribution in [0.4, 0.5) is 11.4 Å². The molecule has 4 unspecified atom stereocenters. The highest BCUT2D eigenvalue weighted by Gasteiger charge is 2.43. The standard InChI is InChI=1S/C38H58N2O2/c1-3-5-7-9-11-13-15-17-21-29-27-33(29)37(41)39-35-25-19-24-32-31(35)23-20-26-36(32)40-38(42)34-28-30(34)22-18-16-14-12-10-8-6-4-2/h19-20,23-26,29-30,33-34H,3-18,21-22,27-28H2,1-2H3,(H,39,41)(H,40,42). The van der Waals surface area contributed by atoms with E-state index in [1.807, 2.05) is 36.4 Å². The second-order valence-corrected chi connectivity index (χ2v) is 13.4. The van der Waals surface area contributed by atoms with Crippen LogP contribution in [0.3, 0.4) is 0 Å². The highest BCUT2D eigenvalue weighted by atomic mass is 16.2. The molecule has 2 aliphatic carbocycles. The number of nitrogens with one attached hydrogen (secondary N) is 2. The zero-order chi connectivity index (χ0) is 29.6. The average Bonchev–Trinajstić information content (AvgIpc) is 3.92. The lowest BCUT2D eigenvalue weighted by Gasteiger charge is -2.13. The molecule has 0 spiro atoms. The molecule has 4 atom stereocenters. The van der Waals surface area contributed by atoms with Gasteiger partial charge in [-0.2, -0.15) is 0 Å². The molecule has 0 heterocycles. The molecule has 0 bridgehead atoms. The molecule has 232 valence electrons. The van der Waals surface area contributed by atoms with Gasteiger partial charge in [0.25, 0.3) is 0 Å². The number of hydrogen-bond donors (Lipinski definition) is 2. The van der Waals surface area contributed by atoms with Crippen LogP contribution in [0.5, 0.6) is 0 Å². The Hall–Kier alpha value is -2.36. The Bertz CT molecular complexity index is 1020. The number of anilines is 2. The molecule has 2 saturated carbocycles. The predicted molar refractivity (Wildman–Crippen MR) is 179 cm³/mol. The SMILES string of the molecule is CCCCCCCCCCC1CC1C(=O)Nc1cccc2c(NC(=O)C3CC3CCCCCCCCCC)cccc12. The number of carbonyl (C=O) groups excluding carboxylic acids is 2. The summed E-state index contributed by atoms with van der Waals surface area (Å²) in [6, 6.07) is 12.0. The van der Waals surface area contributed by atoms with E-state index in [0.29, 0.717) is 11.8 Å². The third-order valence-electron chi connectivity index (χ3n) is 9.81. The maximum Gasteiger partial charge on any atom is 0.227 e. The van der Waals surface area contributed by atoms with Crippen molar-refractivity contribution < 1.29 is 9.59 Å². The topological polar surface area (TPSA) is 58.2 Å². The molecule has 0 saturated heterocycles. The van der Waals surface area contributed by atoms with E-state index in [4.69, 9.17) is 0 Å². The number of unbranched alkanes of at least 4 members (excludes halogenated alkanes) is 14. The Balaban J connectivity index is 1.17. The molecule has 4 heteroatoms. The number of fused-ring (bicyclic) bond motifs is 1. The van der Waals surface area contributed by atoms with Crippen LogP contribution in [0.25, 0.3) is 10.8 Å². The van der Waals surface area contributed by atoms with Crippen molar-refractivity contribution in [1.29, 1.82) is 0 Å². The Morgan fingerprint density at radius 2 is 0.905 bits per heavy atom. The first-order chi connectivity index (χ1) is 20.6. The van der Waals surface area contributed by atoms with Crippen LogP contribution in [0.15, 0.2) is 36.4 Å². The molecular formula is C38H58N2O2. The lowest BCUT2D eigenvalue weighted by Crippen LogP contribution is -2.16. The minimum absolute atomic E-state index is 0.153. The van der Waals surface area contributed by atoms with Gasteiger partial charge in [0.05, 0.1) is 0 Å². The lowest BCUT2D eigenvalue weighted by atomic mass is 10.0. The summed E-state index contributed by atoms with van der Waals surface area (Å²) in [5, 5.41) is 8.44. The molecule has 4 rings (SSSR count). The van der Waals surface area contributed by atoms with Crippen molar-refractivity contribution in [3.05, 3.63) is 36.4 Å². The summed E-state index contributed by atoms with van der Waals surface area (Å²) in [5.41, 5.74) is 1.70. The van der Waals surface area contributed by atoms with Crippen LogP contribution in [-0.4, -0.2) is 11.8 Å². The average molecular weight is 575 g/mol. The van der Waals surface area contributed by atoms with Crippen molar-refractivity contribution in [2.75, 3.05) is 10.6 Å². The molecular weight excluding hydrogens is 516 g/mol. The fourth-order valence-electron chi connectivity index (χ4n) is 6.84. The van der Waals surface area contributed by atoms with E-state index >= 15 is 0 Å². The minimum atomic E-state index is 0.153. The number of carbonyl (C=O) groups is 2. The van der Waals surface area contributed by atoms with Crippen LogP contribution in [0.2, 0.25) is 0 Å². The van der Waals surface area contributed by atoms with Gasteiger partial charge in [0.2, 0.25) is 11.8 Å². The summed E-state index contributed by atoms with van der Waals surface area (Å²) in [6.45, 7) is 4.53. The quantitative estimate of drug-likeness (QED) is 0.137. The minimum Gasteiger partial charge on any atom is -0.325 e. The summed E-state index contributed by atoms with van der Waals surface area (Å²) in [6.07, 6.45) is 25.8. The third kappa shape index (κ3) is 10.4. The van der Waals surface area contributed by atoms with Gasteiger partial charge in [-0.05, 0) is 49.7 Å². The van der Waals surface area contributed by atoms with E-state index in [9.17, 15) is 9.59 Å². The van der Waals surface area contributed by atoms with Crippen molar-refractivity contribution >= 4 is 34.0 Å². The first kappa shape index (κ1) is 32.6. The monoisotopic (exact) mass is 574 g/mol. The van der Waals surface area contributed by atoms with E-state index in [1.54, 1.807) is 0 Å². The summed E-state index contributed by atoms with van der Waals surface area (Å²) < 4.78 is 0. The van der Waals surface area contributed by atoms with Crippen LogP contribution in [-0.2, 0) is 9.59 Å². The van der Waals surface area contributed by atoms with Crippen molar-refractivity contribution in [1.82, 2.24) is 0 Å². The van der Waals surface area contributed by atoms with Crippen molar-refractivity contribution in [2.45, 2.75) is 142 Å². The molecule has 2 fully saturated rings. The van der Waals surface area contributed by atoms with Gasteiger partial charge < -0.3 is 10.6 Å². The highest BCUT2D eigenvalue weighted by Crippen LogP contribution is 2.45. The van der Waals surface area contributed by atoms with Gasteiger partial charge >= 0.3 is 0 Å². The lowest BCUT2D eigenvalue weighted by molar-refractivity contribution is -0.118. The van der Waals surface area contributed by atoms with Gasteiger partial charge in [0.1, 0.15) is 0 Å². The molecule has 2 N–H and O–H groups in total. The zero-order valence-corrected chi connectivity index (χ0v) is 26.7. The third-order valence-corrected chi connectivity index (χ3v) is 9.81. The van der Waals surface area contributed by atoms with Gasteiger partial charge in [-0.15, -0.1) is 0 Å². The fraction of sp³-hybridized carbons (Fsp3) is 0.684. The molecule has 0 radical (unpaired) electrons.